The van der Waals surface area contributed by atoms with E-state index in [2.05, 4.69) is 21.2 Å². The van der Waals surface area contributed by atoms with Crippen molar-refractivity contribution in [1.29, 1.82) is 0 Å². The Hall–Kier alpha value is -1.79. The maximum atomic E-state index is 12.9. The average molecular weight is 403 g/mol. The van der Waals surface area contributed by atoms with E-state index < -0.39 is 4.87 Å². The van der Waals surface area contributed by atoms with Crippen molar-refractivity contribution in [3.05, 3.63) is 58.1 Å². The summed E-state index contributed by atoms with van der Waals surface area (Å²) >= 11 is 4.92. The summed E-state index contributed by atoms with van der Waals surface area (Å²) in [4.78, 5) is 26.5. The molecule has 0 radical (unpaired) electrons. The van der Waals surface area contributed by atoms with Crippen LogP contribution in [0.5, 0.6) is 0 Å². The normalized spacial score (nSPS) is 25.3. The Morgan fingerprint density at radius 1 is 1.21 bits per heavy atom. The van der Waals surface area contributed by atoms with E-state index in [1.165, 1.54) is 11.8 Å². The Morgan fingerprint density at radius 3 is 2.71 bits per heavy atom. The van der Waals surface area contributed by atoms with Gasteiger partial charge in [0, 0.05) is 21.4 Å². The van der Waals surface area contributed by atoms with Gasteiger partial charge in [-0.3, -0.25) is 14.5 Å². The van der Waals surface area contributed by atoms with Crippen molar-refractivity contribution in [2.45, 2.75) is 24.0 Å². The molecule has 1 N–H and O–H groups in total. The van der Waals surface area contributed by atoms with Crippen LogP contribution < -0.4 is 10.2 Å². The van der Waals surface area contributed by atoms with Crippen LogP contribution in [0.3, 0.4) is 0 Å². The minimum absolute atomic E-state index is 0.0531. The highest BCUT2D eigenvalue weighted by Gasteiger charge is 2.60. The summed E-state index contributed by atoms with van der Waals surface area (Å²) in [6.07, 6.45) is 0. The van der Waals surface area contributed by atoms with Crippen molar-refractivity contribution in [3.63, 3.8) is 0 Å². The lowest BCUT2D eigenvalue weighted by atomic mass is 10.0. The zero-order valence-corrected chi connectivity index (χ0v) is 15.6. The lowest BCUT2D eigenvalue weighted by Gasteiger charge is -2.32. The molecule has 4 rings (SSSR count). The van der Waals surface area contributed by atoms with Gasteiger partial charge < -0.3 is 5.32 Å². The quantitative estimate of drug-likeness (QED) is 0.782. The Morgan fingerprint density at radius 2 is 1.96 bits per heavy atom. The molecule has 1 spiro atoms. The summed E-state index contributed by atoms with van der Waals surface area (Å²) in [6.45, 7) is 3.84. The lowest BCUT2D eigenvalue weighted by molar-refractivity contribution is -0.122. The molecule has 2 atom stereocenters. The van der Waals surface area contributed by atoms with Gasteiger partial charge in [-0.05, 0) is 37.6 Å². The van der Waals surface area contributed by atoms with Gasteiger partial charge in [0.2, 0.25) is 10.8 Å². The van der Waals surface area contributed by atoms with E-state index in [1.807, 2.05) is 56.3 Å². The molecule has 0 aromatic heterocycles. The third kappa shape index (κ3) is 1.99. The number of amides is 2. The molecule has 1 saturated heterocycles. The van der Waals surface area contributed by atoms with Gasteiger partial charge in [-0.25, -0.2) is 0 Å². The number of hydrogen-bond acceptors (Lipinski definition) is 3. The van der Waals surface area contributed by atoms with Gasteiger partial charge in [0.15, 0.2) is 0 Å². The SMILES string of the molecule is Cc1ccc(N2C(=O)[C@@H](C)S[C@]23C(=O)Nc2ccccc23)cc1Br. The lowest BCUT2D eigenvalue weighted by Crippen LogP contribution is -2.47. The molecule has 2 aromatic carbocycles. The summed E-state index contributed by atoms with van der Waals surface area (Å²) in [5.41, 5.74) is 3.42. The monoisotopic (exact) mass is 402 g/mol. The highest BCUT2D eigenvalue weighted by atomic mass is 79.9. The number of carbonyl (C=O) groups is 2. The van der Waals surface area contributed by atoms with Gasteiger partial charge in [-0.1, -0.05) is 40.2 Å². The number of carbonyl (C=O) groups excluding carboxylic acids is 2. The zero-order valence-electron chi connectivity index (χ0n) is 13.2. The zero-order chi connectivity index (χ0) is 17.1. The average Bonchev–Trinajstić information content (AvgIpc) is 2.98. The number of benzene rings is 2. The summed E-state index contributed by atoms with van der Waals surface area (Å²) in [6, 6.07) is 13.3. The van der Waals surface area contributed by atoms with Crippen molar-refractivity contribution < 1.29 is 9.59 Å². The fourth-order valence-corrected chi connectivity index (χ4v) is 5.13. The molecule has 4 nitrogen and oxygen atoms in total. The fraction of sp³-hybridized carbons (Fsp3) is 0.222. The first-order valence-corrected chi connectivity index (χ1v) is 9.31. The highest BCUT2D eigenvalue weighted by molar-refractivity contribution is 9.10. The number of nitrogens with zero attached hydrogens (tertiary/aromatic N) is 1. The van der Waals surface area contributed by atoms with E-state index in [4.69, 9.17) is 0 Å². The smallest absolute Gasteiger partial charge is 0.266 e. The number of aryl methyl sites for hydroxylation is 1. The van der Waals surface area contributed by atoms with Gasteiger partial charge >= 0.3 is 0 Å². The van der Waals surface area contributed by atoms with Gasteiger partial charge in [-0.2, -0.15) is 0 Å². The summed E-state index contributed by atoms with van der Waals surface area (Å²) in [7, 11) is 0. The second-order valence-electron chi connectivity index (χ2n) is 6.01. The van der Waals surface area contributed by atoms with Crippen LogP contribution >= 0.6 is 27.7 Å². The summed E-state index contributed by atoms with van der Waals surface area (Å²) in [5, 5.41) is 2.64. The van der Waals surface area contributed by atoms with Gasteiger partial charge in [0.1, 0.15) is 0 Å². The molecule has 0 bridgehead atoms. The minimum atomic E-state index is -1.04. The van der Waals surface area contributed by atoms with Crippen LogP contribution in [0.15, 0.2) is 46.9 Å². The third-order valence-electron chi connectivity index (χ3n) is 4.49. The highest BCUT2D eigenvalue weighted by Crippen LogP contribution is 2.56. The van der Waals surface area contributed by atoms with E-state index in [1.54, 1.807) is 4.90 Å². The van der Waals surface area contributed by atoms with Gasteiger partial charge in [0.05, 0.1) is 5.25 Å². The number of rotatable bonds is 1. The van der Waals surface area contributed by atoms with E-state index >= 15 is 0 Å². The molecule has 0 aliphatic carbocycles. The predicted octanol–water partition coefficient (Wildman–Crippen LogP) is 4.03. The molecule has 2 amide bonds. The molecule has 2 heterocycles. The van der Waals surface area contributed by atoms with Crippen molar-refractivity contribution >= 4 is 50.9 Å². The third-order valence-corrected chi connectivity index (χ3v) is 6.83. The van der Waals surface area contributed by atoms with Crippen LogP contribution in [-0.4, -0.2) is 17.1 Å². The fourth-order valence-electron chi connectivity index (χ4n) is 3.28. The molecule has 1 fully saturated rings. The Balaban J connectivity index is 1.95. The number of halogens is 1. The van der Waals surface area contributed by atoms with Gasteiger partial charge in [0.25, 0.3) is 5.91 Å². The largest absolute Gasteiger partial charge is 0.323 e. The number of para-hydroxylation sites is 1. The van der Waals surface area contributed by atoms with E-state index in [-0.39, 0.29) is 17.1 Å². The molecule has 0 unspecified atom stereocenters. The van der Waals surface area contributed by atoms with E-state index in [0.29, 0.717) is 0 Å². The number of thioether (sulfide) groups is 1. The second kappa shape index (κ2) is 5.36. The van der Waals surface area contributed by atoms with E-state index in [0.717, 1.165) is 27.0 Å². The van der Waals surface area contributed by atoms with Crippen LogP contribution in [-0.2, 0) is 14.5 Å². The molecule has 6 heteroatoms. The van der Waals surface area contributed by atoms with Crippen LogP contribution in [0.2, 0.25) is 0 Å². The van der Waals surface area contributed by atoms with Crippen molar-refractivity contribution in [2.24, 2.45) is 0 Å². The predicted molar refractivity (Wildman–Crippen MR) is 100 cm³/mol. The maximum absolute atomic E-state index is 12.9. The topological polar surface area (TPSA) is 49.4 Å². The molecule has 2 aromatic rings. The molecular formula is C18H15BrN2O2S. The number of nitrogens with one attached hydrogen (secondary N) is 1. The van der Waals surface area contributed by atoms with Crippen molar-refractivity contribution in [3.8, 4) is 0 Å². The molecule has 0 saturated carbocycles. The van der Waals surface area contributed by atoms with E-state index in [9.17, 15) is 9.59 Å². The Bertz CT molecular complexity index is 885. The molecule has 2 aliphatic heterocycles. The Kier molecular flexibility index (Phi) is 3.51. The van der Waals surface area contributed by atoms with Crippen LogP contribution in [0.25, 0.3) is 0 Å². The number of fused-ring (bicyclic) bond motifs is 2. The molecule has 122 valence electrons. The summed E-state index contributed by atoms with van der Waals surface area (Å²) < 4.78 is 0.916. The van der Waals surface area contributed by atoms with Gasteiger partial charge in [-0.15, -0.1) is 11.8 Å². The maximum Gasteiger partial charge on any atom is 0.266 e. The van der Waals surface area contributed by atoms with Crippen molar-refractivity contribution in [2.75, 3.05) is 10.2 Å². The number of anilines is 2. The van der Waals surface area contributed by atoms with Crippen LogP contribution in [0, 0.1) is 6.92 Å². The van der Waals surface area contributed by atoms with Crippen LogP contribution in [0.1, 0.15) is 18.1 Å². The van der Waals surface area contributed by atoms with Crippen molar-refractivity contribution in [1.82, 2.24) is 0 Å². The second-order valence-corrected chi connectivity index (χ2v) is 8.40. The number of hydrogen-bond donors (Lipinski definition) is 1. The first-order chi connectivity index (χ1) is 11.4. The Labute approximate surface area is 152 Å². The first kappa shape index (κ1) is 15.7. The standard InChI is InChI=1S/C18H15BrN2O2S/c1-10-7-8-12(9-14(10)19)21-16(22)11(2)24-18(21)13-5-3-4-6-15(13)20-17(18)23/h3-9,11H,1-2H3,(H,20,23)/t11-,18-/m1/s1. The molecule has 24 heavy (non-hydrogen) atoms. The molecule has 2 aliphatic rings. The summed E-state index contributed by atoms with van der Waals surface area (Å²) in [5.74, 6) is -0.217. The first-order valence-electron chi connectivity index (χ1n) is 7.64. The minimum Gasteiger partial charge on any atom is -0.323 e. The van der Waals surface area contributed by atoms with Crippen LogP contribution in [0.4, 0.5) is 11.4 Å². The molecular weight excluding hydrogens is 388 g/mol.